The number of nitrogens with one attached hydrogen (secondary N) is 2. The highest BCUT2D eigenvalue weighted by Crippen LogP contribution is 2.36. The van der Waals surface area contributed by atoms with Gasteiger partial charge in [0.2, 0.25) is 0 Å². The predicted octanol–water partition coefficient (Wildman–Crippen LogP) is 2.46. The van der Waals surface area contributed by atoms with Gasteiger partial charge in [-0.2, -0.15) is 0 Å². The lowest BCUT2D eigenvalue weighted by Gasteiger charge is -2.33. The van der Waals surface area contributed by atoms with Gasteiger partial charge in [0.15, 0.2) is 5.78 Å². The van der Waals surface area contributed by atoms with Crippen LogP contribution in [-0.2, 0) is 4.79 Å². The van der Waals surface area contributed by atoms with E-state index in [4.69, 9.17) is 0 Å². The highest BCUT2D eigenvalue weighted by molar-refractivity contribution is 9.12. The number of halogens is 1. The van der Waals surface area contributed by atoms with Crippen molar-refractivity contribution in [3.63, 3.8) is 0 Å². The van der Waals surface area contributed by atoms with Gasteiger partial charge in [-0.3, -0.25) is 14.3 Å². The summed E-state index contributed by atoms with van der Waals surface area (Å²) in [6, 6.07) is 7.17. The average Bonchev–Trinajstić information content (AvgIpc) is 2.47. The van der Waals surface area contributed by atoms with Gasteiger partial charge < -0.3 is 5.32 Å². The molecule has 0 fully saturated rings. The van der Waals surface area contributed by atoms with E-state index in [1.54, 1.807) is 12.2 Å². The van der Waals surface area contributed by atoms with Crippen molar-refractivity contribution in [2.75, 3.05) is 5.32 Å². The first-order valence-electron chi connectivity index (χ1n) is 6.05. The molecule has 0 aromatic heterocycles. The molecule has 1 aliphatic heterocycles. The summed E-state index contributed by atoms with van der Waals surface area (Å²) >= 11 is 7.12. The maximum Gasteiger partial charge on any atom is 0.261 e. The van der Waals surface area contributed by atoms with Crippen molar-refractivity contribution in [2.24, 2.45) is 5.92 Å². The number of Topliss-reactive ketones (excluding diaryl/α,β-unsaturated/α-hetero) is 1. The van der Waals surface area contributed by atoms with E-state index >= 15 is 0 Å². The summed E-state index contributed by atoms with van der Waals surface area (Å²) in [5.74, 6) is -0.554. The molecule has 2 unspecified atom stereocenters. The number of rotatable bonds is 1. The van der Waals surface area contributed by atoms with Gasteiger partial charge in [0.05, 0.1) is 17.5 Å². The van der Waals surface area contributed by atoms with Gasteiger partial charge >= 0.3 is 0 Å². The summed E-state index contributed by atoms with van der Waals surface area (Å²) in [6.45, 7) is 0. The van der Waals surface area contributed by atoms with Crippen LogP contribution < -0.4 is 10.0 Å². The van der Waals surface area contributed by atoms with Crippen molar-refractivity contribution in [1.82, 2.24) is 4.72 Å². The van der Waals surface area contributed by atoms with Crippen LogP contribution in [0.15, 0.2) is 46.5 Å². The number of thiol groups is 1. The summed E-state index contributed by atoms with van der Waals surface area (Å²) in [7, 11) is 0. The molecule has 0 saturated carbocycles. The summed E-state index contributed by atoms with van der Waals surface area (Å²) in [4.78, 5) is 24.2. The Labute approximate surface area is 130 Å². The highest BCUT2D eigenvalue weighted by Gasteiger charge is 2.36. The van der Waals surface area contributed by atoms with Crippen LogP contribution in [0.4, 0.5) is 5.69 Å². The second-order valence-corrected chi connectivity index (χ2v) is 5.72. The van der Waals surface area contributed by atoms with Crippen molar-refractivity contribution in [3.8, 4) is 0 Å². The van der Waals surface area contributed by atoms with Crippen LogP contribution in [0.5, 0.6) is 0 Å². The second kappa shape index (κ2) is 5.10. The number of ketones is 1. The van der Waals surface area contributed by atoms with Gasteiger partial charge in [-0.05, 0) is 18.2 Å². The third-order valence-corrected chi connectivity index (χ3v) is 4.37. The molecule has 1 aliphatic carbocycles. The van der Waals surface area contributed by atoms with Crippen LogP contribution >= 0.6 is 28.7 Å². The molecular formula is C14H11BrN2O2S. The van der Waals surface area contributed by atoms with E-state index in [-0.39, 0.29) is 23.7 Å². The third-order valence-electron chi connectivity index (χ3n) is 3.48. The van der Waals surface area contributed by atoms with Crippen molar-refractivity contribution in [1.29, 1.82) is 0 Å². The summed E-state index contributed by atoms with van der Waals surface area (Å²) < 4.78 is 2.91. The van der Waals surface area contributed by atoms with Crippen LogP contribution in [0.25, 0.3) is 0 Å². The molecule has 20 heavy (non-hydrogen) atoms. The molecule has 0 spiro atoms. The van der Waals surface area contributed by atoms with Crippen LogP contribution in [0, 0.1) is 5.92 Å². The summed E-state index contributed by atoms with van der Waals surface area (Å²) in [6.07, 6.45) is 3.53. The van der Waals surface area contributed by atoms with E-state index < -0.39 is 0 Å². The Kier molecular flexibility index (Phi) is 3.43. The minimum absolute atomic E-state index is 0.0582. The zero-order valence-corrected chi connectivity index (χ0v) is 12.7. The predicted molar refractivity (Wildman–Crippen MR) is 83.9 cm³/mol. The molecule has 1 aromatic carbocycles. The molecule has 1 amide bonds. The van der Waals surface area contributed by atoms with Gasteiger partial charge in [-0.1, -0.05) is 47.0 Å². The Morgan fingerprint density at radius 3 is 2.80 bits per heavy atom. The number of hydrogen-bond acceptors (Lipinski definition) is 4. The zero-order valence-electron chi connectivity index (χ0n) is 10.3. The lowest BCUT2D eigenvalue weighted by atomic mass is 9.82. The molecule has 2 atom stereocenters. The third kappa shape index (κ3) is 2.09. The maximum atomic E-state index is 12.5. The standard InChI is InChI=1S/C14H11BrN2O2S/c15-10-5-9-12(6-8(10)14(19)17-20)16-11-4-2-1-3-7(11)13(9)18/h1-6,9,12,16,20H,(H,17,19). The molecule has 2 aliphatic rings. The Morgan fingerprint density at radius 2 is 2.05 bits per heavy atom. The first-order chi connectivity index (χ1) is 9.61. The normalized spacial score (nSPS) is 23.8. The quantitative estimate of drug-likeness (QED) is 0.682. The van der Waals surface area contributed by atoms with E-state index in [0.29, 0.717) is 15.6 Å². The van der Waals surface area contributed by atoms with E-state index in [1.165, 1.54) is 0 Å². The number of carbonyl (C=O) groups is 2. The van der Waals surface area contributed by atoms with E-state index in [2.05, 4.69) is 38.8 Å². The Bertz CT molecular complexity index is 669. The van der Waals surface area contributed by atoms with Crippen molar-refractivity contribution in [3.05, 3.63) is 52.0 Å². The molecule has 1 heterocycles. The maximum absolute atomic E-state index is 12.5. The first-order valence-corrected chi connectivity index (χ1v) is 7.29. The lowest BCUT2D eigenvalue weighted by Crippen LogP contribution is -2.40. The van der Waals surface area contributed by atoms with Crippen LogP contribution in [0.3, 0.4) is 0 Å². The molecule has 3 rings (SSSR count). The van der Waals surface area contributed by atoms with Crippen molar-refractivity contribution >= 4 is 46.1 Å². The molecule has 2 N–H and O–H groups in total. The summed E-state index contributed by atoms with van der Waals surface area (Å²) in [5, 5.41) is 3.29. The fourth-order valence-corrected chi connectivity index (χ4v) is 3.23. The number of carbonyl (C=O) groups excluding carboxylic acids is 2. The van der Waals surface area contributed by atoms with Crippen LogP contribution in [-0.4, -0.2) is 17.7 Å². The van der Waals surface area contributed by atoms with Crippen LogP contribution in [0.2, 0.25) is 0 Å². The van der Waals surface area contributed by atoms with E-state index in [9.17, 15) is 9.59 Å². The Hall–Kier alpha value is -1.53. The number of fused-ring (bicyclic) bond motifs is 2. The Balaban J connectivity index is 2.03. The number of hydrogen-bond donors (Lipinski definition) is 3. The molecule has 102 valence electrons. The van der Waals surface area contributed by atoms with Gasteiger partial charge in [0.1, 0.15) is 0 Å². The fourth-order valence-electron chi connectivity index (χ4n) is 2.51. The molecular weight excluding hydrogens is 340 g/mol. The second-order valence-electron chi connectivity index (χ2n) is 4.64. The van der Waals surface area contributed by atoms with Gasteiger partial charge in [-0.25, -0.2) is 0 Å². The molecule has 4 nitrogen and oxygen atoms in total. The number of benzene rings is 1. The zero-order chi connectivity index (χ0) is 14.3. The molecule has 1 aromatic rings. The van der Waals surface area contributed by atoms with Crippen molar-refractivity contribution < 1.29 is 9.59 Å². The van der Waals surface area contributed by atoms with Crippen molar-refractivity contribution in [2.45, 2.75) is 6.04 Å². The number of amides is 1. The first kappa shape index (κ1) is 13.5. The van der Waals surface area contributed by atoms with E-state index in [1.807, 2.05) is 24.3 Å². The average molecular weight is 351 g/mol. The number of para-hydroxylation sites is 1. The minimum atomic E-state index is -0.309. The van der Waals surface area contributed by atoms with Gasteiger partial charge in [0.25, 0.3) is 5.91 Å². The Morgan fingerprint density at radius 1 is 1.30 bits per heavy atom. The largest absolute Gasteiger partial charge is 0.377 e. The van der Waals surface area contributed by atoms with Gasteiger partial charge in [-0.15, -0.1) is 0 Å². The minimum Gasteiger partial charge on any atom is -0.377 e. The van der Waals surface area contributed by atoms with Gasteiger partial charge in [0, 0.05) is 15.7 Å². The SMILES string of the molecule is O=C(NS)C1=CC2Nc3ccccc3C(=O)C2C=C1Br. The highest BCUT2D eigenvalue weighted by atomic mass is 79.9. The molecule has 0 radical (unpaired) electrons. The smallest absolute Gasteiger partial charge is 0.261 e. The lowest BCUT2D eigenvalue weighted by molar-refractivity contribution is -0.115. The van der Waals surface area contributed by atoms with E-state index in [0.717, 1.165) is 5.69 Å². The topological polar surface area (TPSA) is 58.2 Å². The molecule has 0 bridgehead atoms. The monoisotopic (exact) mass is 350 g/mol. The fraction of sp³-hybridized carbons (Fsp3) is 0.143. The molecule has 6 heteroatoms. The van der Waals surface area contributed by atoms with Crippen LogP contribution in [0.1, 0.15) is 10.4 Å². The number of anilines is 1. The molecule has 0 saturated heterocycles. The summed E-state index contributed by atoms with van der Waals surface area (Å²) in [5.41, 5.74) is 1.95.